The Hall–Kier alpha value is -1.03. The van der Waals surface area contributed by atoms with Gasteiger partial charge in [0.2, 0.25) is 0 Å². The standard InChI is InChI=1S/C10H9F3O/c11-10(12,13)8-3-1-2-7-6(8)4-5-9(7)14/h1-3,9,14H,4-5H2. The number of hydrogen-bond acceptors (Lipinski definition) is 1. The van der Waals surface area contributed by atoms with E-state index < -0.39 is 17.8 Å². The minimum Gasteiger partial charge on any atom is -0.388 e. The van der Waals surface area contributed by atoms with Crippen molar-refractivity contribution in [2.24, 2.45) is 0 Å². The predicted octanol–water partition coefficient (Wildman–Crippen LogP) is 2.69. The molecule has 0 saturated carbocycles. The highest BCUT2D eigenvalue weighted by atomic mass is 19.4. The molecule has 0 spiro atoms. The van der Waals surface area contributed by atoms with Crippen molar-refractivity contribution in [1.82, 2.24) is 0 Å². The zero-order chi connectivity index (χ0) is 10.3. The number of halogens is 3. The van der Waals surface area contributed by atoms with Gasteiger partial charge in [-0.15, -0.1) is 0 Å². The molecule has 0 radical (unpaired) electrons. The fourth-order valence-electron chi connectivity index (χ4n) is 1.90. The summed E-state index contributed by atoms with van der Waals surface area (Å²) in [6.45, 7) is 0. The lowest BCUT2D eigenvalue weighted by Crippen LogP contribution is -2.08. The van der Waals surface area contributed by atoms with Gasteiger partial charge in [-0.1, -0.05) is 12.1 Å². The van der Waals surface area contributed by atoms with Gasteiger partial charge in [0.15, 0.2) is 0 Å². The van der Waals surface area contributed by atoms with E-state index in [1.165, 1.54) is 6.07 Å². The summed E-state index contributed by atoms with van der Waals surface area (Å²) >= 11 is 0. The third kappa shape index (κ3) is 1.39. The molecule has 1 aliphatic rings. The van der Waals surface area contributed by atoms with E-state index in [1.807, 2.05) is 0 Å². The monoisotopic (exact) mass is 202 g/mol. The molecule has 1 aromatic rings. The number of rotatable bonds is 0. The summed E-state index contributed by atoms with van der Waals surface area (Å²) in [7, 11) is 0. The molecule has 1 unspecified atom stereocenters. The molecule has 0 aliphatic heterocycles. The van der Waals surface area contributed by atoms with Gasteiger partial charge in [-0.05, 0) is 30.0 Å². The highest BCUT2D eigenvalue weighted by molar-refractivity contribution is 5.41. The summed E-state index contributed by atoms with van der Waals surface area (Å²) in [5.41, 5.74) is 0.0823. The van der Waals surface area contributed by atoms with E-state index in [0.29, 0.717) is 18.4 Å². The Kier molecular flexibility index (Phi) is 2.03. The zero-order valence-corrected chi connectivity index (χ0v) is 7.30. The molecule has 1 aliphatic carbocycles. The fourth-order valence-corrected chi connectivity index (χ4v) is 1.90. The Bertz CT molecular complexity index is 357. The molecule has 1 N–H and O–H groups in total. The molecular weight excluding hydrogens is 193 g/mol. The minimum absolute atomic E-state index is 0.257. The zero-order valence-electron chi connectivity index (χ0n) is 7.30. The number of benzene rings is 1. The van der Waals surface area contributed by atoms with Crippen molar-refractivity contribution >= 4 is 0 Å². The van der Waals surface area contributed by atoms with Crippen LogP contribution in [0.4, 0.5) is 13.2 Å². The van der Waals surface area contributed by atoms with Gasteiger partial charge >= 0.3 is 6.18 Å². The molecule has 0 heterocycles. The van der Waals surface area contributed by atoms with Crippen molar-refractivity contribution in [3.63, 3.8) is 0 Å². The van der Waals surface area contributed by atoms with Crippen LogP contribution in [0.15, 0.2) is 18.2 Å². The number of aliphatic hydroxyl groups is 1. The quantitative estimate of drug-likeness (QED) is 0.685. The van der Waals surface area contributed by atoms with E-state index in [1.54, 1.807) is 6.07 Å². The highest BCUT2D eigenvalue weighted by Crippen LogP contribution is 2.40. The lowest BCUT2D eigenvalue weighted by molar-refractivity contribution is -0.138. The maximum Gasteiger partial charge on any atom is 0.416 e. The topological polar surface area (TPSA) is 20.2 Å². The molecule has 2 rings (SSSR count). The highest BCUT2D eigenvalue weighted by Gasteiger charge is 2.36. The molecule has 1 nitrogen and oxygen atoms in total. The van der Waals surface area contributed by atoms with E-state index in [-0.39, 0.29) is 5.56 Å². The van der Waals surface area contributed by atoms with Crippen LogP contribution in [0.5, 0.6) is 0 Å². The Balaban J connectivity index is 2.55. The van der Waals surface area contributed by atoms with Crippen LogP contribution in [0.1, 0.15) is 29.2 Å². The van der Waals surface area contributed by atoms with Crippen molar-refractivity contribution in [1.29, 1.82) is 0 Å². The molecule has 4 heteroatoms. The molecule has 0 saturated heterocycles. The van der Waals surface area contributed by atoms with Crippen molar-refractivity contribution < 1.29 is 18.3 Å². The second-order valence-corrected chi connectivity index (χ2v) is 3.43. The van der Waals surface area contributed by atoms with Crippen LogP contribution in [0, 0.1) is 0 Å². The second-order valence-electron chi connectivity index (χ2n) is 3.43. The lowest BCUT2D eigenvalue weighted by Gasteiger charge is -2.11. The first-order valence-electron chi connectivity index (χ1n) is 4.37. The molecule has 14 heavy (non-hydrogen) atoms. The van der Waals surface area contributed by atoms with Crippen LogP contribution >= 0.6 is 0 Å². The normalized spacial score (nSPS) is 21.0. The fraction of sp³-hybridized carbons (Fsp3) is 0.400. The SMILES string of the molecule is OC1CCc2c1cccc2C(F)(F)F. The van der Waals surface area contributed by atoms with Crippen molar-refractivity contribution in [3.8, 4) is 0 Å². The summed E-state index contributed by atoms with van der Waals surface area (Å²) in [6, 6.07) is 3.97. The van der Waals surface area contributed by atoms with Gasteiger partial charge < -0.3 is 5.11 Å². The maximum atomic E-state index is 12.5. The number of hydrogen-bond donors (Lipinski definition) is 1. The van der Waals surface area contributed by atoms with Crippen LogP contribution in [-0.2, 0) is 12.6 Å². The second kappa shape index (κ2) is 2.98. The Morgan fingerprint density at radius 2 is 2.00 bits per heavy atom. The third-order valence-corrected chi connectivity index (χ3v) is 2.54. The summed E-state index contributed by atoms with van der Waals surface area (Å²) in [6.07, 6.45) is -4.34. The van der Waals surface area contributed by atoms with Gasteiger partial charge in [0.1, 0.15) is 0 Å². The number of alkyl halides is 3. The maximum absolute atomic E-state index is 12.5. The number of aliphatic hydroxyl groups excluding tert-OH is 1. The van der Waals surface area contributed by atoms with Gasteiger partial charge in [0.05, 0.1) is 11.7 Å². The van der Waals surface area contributed by atoms with Gasteiger partial charge in [-0.2, -0.15) is 13.2 Å². The van der Waals surface area contributed by atoms with Crippen molar-refractivity contribution in [3.05, 3.63) is 34.9 Å². The average molecular weight is 202 g/mol. The molecule has 1 aromatic carbocycles. The molecule has 76 valence electrons. The van der Waals surface area contributed by atoms with Crippen LogP contribution < -0.4 is 0 Å². The average Bonchev–Trinajstić information content (AvgIpc) is 2.46. The summed E-state index contributed by atoms with van der Waals surface area (Å²) in [4.78, 5) is 0. The van der Waals surface area contributed by atoms with Gasteiger partial charge in [0, 0.05) is 0 Å². The molecule has 0 aromatic heterocycles. The molecule has 0 amide bonds. The van der Waals surface area contributed by atoms with Crippen LogP contribution in [-0.4, -0.2) is 5.11 Å². The van der Waals surface area contributed by atoms with E-state index in [4.69, 9.17) is 0 Å². The van der Waals surface area contributed by atoms with Gasteiger partial charge in [0.25, 0.3) is 0 Å². The largest absolute Gasteiger partial charge is 0.416 e. The lowest BCUT2D eigenvalue weighted by atomic mass is 10.0. The van der Waals surface area contributed by atoms with Crippen molar-refractivity contribution in [2.75, 3.05) is 0 Å². The van der Waals surface area contributed by atoms with E-state index in [9.17, 15) is 18.3 Å². The predicted molar refractivity (Wildman–Crippen MR) is 44.7 cm³/mol. The molecular formula is C10H9F3O. The summed E-state index contributed by atoms with van der Waals surface area (Å²) in [5, 5.41) is 9.40. The summed E-state index contributed by atoms with van der Waals surface area (Å²) < 4.78 is 37.5. The van der Waals surface area contributed by atoms with Crippen LogP contribution in [0.25, 0.3) is 0 Å². The van der Waals surface area contributed by atoms with Crippen molar-refractivity contribution in [2.45, 2.75) is 25.1 Å². The first-order chi connectivity index (χ1) is 6.50. The third-order valence-electron chi connectivity index (χ3n) is 2.54. The van der Waals surface area contributed by atoms with E-state index in [2.05, 4.69) is 0 Å². The van der Waals surface area contributed by atoms with Crippen LogP contribution in [0.3, 0.4) is 0 Å². The Labute approximate surface area is 79.2 Å². The first-order valence-corrected chi connectivity index (χ1v) is 4.37. The first kappa shape index (κ1) is 9.52. The van der Waals surface area contributed by atoms with E-state index >= 15 is 0 Å². The molecule has 0 bridgehead atoms. The Morgan fingerprint density at radius 3 is 2.64 bits per heavy atom. The smallest absolute Gasteiger partial charge is 0.388 e. The van der Waals surface area contributed by atoms with E-state index in [0.717, 1.165) is 6.07 Å². The molecule has 0 fully saturated rings. The number of fused-ring (bicyclic) bond motifs is 1. The summed E-state index contributed by atoms with van der Waals surface area (Å²) in [5.74, 6) is 0. The minimum atomic E-state index is -4.31. The van der Waals surface area contributed by atoms with Gasteiger partial charge in [-0.25, -0.2) is 0 Å². The molecule has 1 atom stereocenters. The van der Waals surface area contributed by atoms with Gasteiger partial charge in [-0.3, -0.25) is 0 Å². The Morgan fingerprint density at radius 1 is 1.29 bits per heavy atom. The van der Waals surface area contributed by atoms with Crippen LogP contribution in [0.2, 0.25) is 0 Å².